The van der Waals surface area contributed by atoms with Crippen LogP contribution in [0.4, 0.5) is 0 Å². The molecule has 2 aliphatic heterocycles. The minimum atomic E-state index is 0. The van der Waals surface area contributed by atoms with E-state index in [1.165, 1.54) is 0 Å². The van der Waals surface area contributed by atoms with Crippen molar-refractivity contribution in [3.8, 4) is 0 Å². The van der Waals surface area contributed by atoms with Crippen LogP contribution in [-0.4, -0.2) is 36.8 Å². The maximum atomic E-state index is 4.24. The molecule has 0 aromatic carbocycles. The van der Waals surface area contributed by atoms with Crippen molar-refractivity contribution in [3.63, 3.8) is 0 Å². The van der Waals surface area contributed by atoms with Crippen LogP contribution >= 0.6 is 0 Å². The molecule has 2 N–H and O–H groups in total. The molecule has 0 fully saturated rings. The van der Waals surface area contributed by atoms with Gasteiger partial charge in [0, 0.05) is 0 Å². The molecule has 0 aromatic rings. The van der Waals surface area contributed by atoms with Gasteiger partial charge in [0.15, 0.2) is 0 Å². The van der Waals surface area contributed by atoms with Gasteiger partial charge in [0.05, 0.1) is 36.8 Å². The van der Waals surface area contributed by atoms with Crippen molar-refractivity contribution in [1.29, 1.82) is 0 Å². The highest BCUT2D eigenvalue weighted by Crippen LogP contribution is 2.29. The highest BCUT2D eigenvalue weighted by Gasteiger charge is 2.38. The third-order valence-electron chi connectivity index (χ3n) is 5.68. The second-order valence-electron chi connectivity index (χ2n) is 7.93. The number of nitrogens with zero attached hydrogens (tertiary/aromatic N) is 2. The molecule has 2 aliphatic rings. The van der Waals surface area contributed by atoms with Gasteiger partial charge in [-0.3, -0.25) is 9.98 Å². The van der Waals surface area contributed by atoms with Crippen molar-refractivity contribution in [2.24, 2.45) is 33.7 Å². The van der Waals surface area contributed by atoms with Crippen LogP contribution in [0.15, 0.2) is 9.98 Å². The van der Waals surface area contributed by atoms with Gasteiger partial charge in [-0.2, -0.15) is 0 Å². The fourth-order valence-electron chi connectivity index (χ4n) is 3.55. The number of hydrogen-bond acceptors (Lipinski definition) is 4. The Morgan fingerprint density at radius 1 is 0.652 bits per heavy atom. The first-order valence-corrected chi connectivity index (χ1v) is 8.71. The second kappa shape index (κ2) is 8.70. The fourth-order valence-corrected chi connectivity index (χ4v) is 3.55. The Kier molecular flexibility index (Phi) is 8.30. The summed E-state index contributed by atoms with van der Waals surface area (Å²) in [6, 6.07) is 0. The predicted molar refractivity (Wildman–Crippen MR) is 105 cm³/mol. The molecular weight excluding hydrogens is 284 g/mol. The zero-order chi connectivity index (χ0) is 17.0. The molecule has 0 amide bonds. The Morgan fingerprint density at radius 2 is 0.913 bits per heavy atom. The summed E-state index contributed by atoms with van der Waals surface area (Å²) in [4.78, 5) is 8.49. The minimum absolute atomic E-state index is 0. The quantitative estimate of drug-likeness (QED) is 0.822. The maximum absolute atomic E-state index is 4.24. The van der Waals surface area contributed by atoms with Crippen LogP contribution in [0.1, 0.15) is 62.8 Å². The van der Waals surface area contributed by atoms with Crippen molar-refractivity contribution in [3.05, 3.63) is 0 Å². The number of hydrogen-bond donors (Lipinski definition) is 2. The molecular formula is C19H40N4. The Balaban J connectivity index is 0.000000403. The predicted octanol–water partition coefficient (Wildman–Crippen LogP) is 3.97. The van der Waals surface area contributed by atoms with Crippen molar-refractivity contribution < 1.29 is 0 Å². The Bertz CT molecular complexity index is 320. The van der Waals surface area contributed by atoms with Gasteiger partial charge in [-0.15, -0.1) is 0 Å². The van der Waals surface area contributed by atoms with Gasteiger partial charge in [-0.25, -0.2) is 0 Å². The van der Waals surface area contributed by atoms with E-state index in [0.29, 0.717) is 23.7 Å². The summed E-state index contributed by atoms with van der Waals surface area (Å²) < 4.78 is 0. The minimum Gasteiger partial charge on any atom is -0.369 e. The molecule has 136 valence electrons. The number of nitrogens with one attached hydrogen (secondary N) is 2. The van der Waals surface area contributed by atoms with Gasteiger partial charge >= 0.3 is 0 Å². The smallest absolute Gasteiger partial charge is 0.0830 e. The summed E-state index contributed by atoms with van der Waals surface area (Å²) in [5.41, 5.74) is 0.444. The van der Waals surface area contributed by atoms with Crippen LogP contribution in [0.5, 0.6) is 0 Å². The van der Waals surface area contributed by atoms with E-state index in [2.05, 4.69) is 76.0 Å². The number of rotatable bonds is 4. The van der Waals surface area contributed by atoms with E-state index in [1.807, 2.05) is 12.7 Å². The Morgan fingerprint density at radius 3 is 1.00 bits per heavy atom. The SMILES string of the molecule is C.CC(C)C1(C(C)C)CN=CN1.CC(C)C1(C(C)C)CN=CN1. The van der Waals surface area contributed by atoms with Gasteiger partial charge in [-0.05, 0) is 23.7 Å². The molecule has 0 radical (unpaired) electrons. The molecule has 0 atom stereocenters. The van der Waals surface area contributed by atoms with Crippen LogP contribution in [0.3, 0.4) is 0 Å². The lowest BCUT2D eigenvalue weighted by Crippen LogP contribution is -2.52. The lowest BCUT2D eigenvalue weighted by atomic mass is 9.78. The largest absolute Gasteiger partial charge is 0.369 e. The Labute approximate surface area is 144 Å². The van der Waals surface area contributed by atoms with E-state index < -0.39 is 0 Å². The van der Waals surface area contributed by atoms with E-state index in [4.69, 9.17) is 0 Å². The molecule has 0 spiro atoms. The summed E-state index contributed by atoms with van der Waals surface area (Å²) in [5.74, 6) is 2.57. The van der Waals surface area contributed by atoms with Crippen molar-refractivity contribution in [2.45, 2.75) is 73.9 Å². The lowest BCUT2D eigenvalue weighted by molar-refractivity contribution is 0.218. The van der Waals surface area contributed by atoms with E-state index in [0.717, 1.165) is 13.1 Å². The molecule has 0 bridgehead atoms. The molecule has 0 unspecified atom stereocenters. The second-order valence-corrected chi connectivity index (χ2v) is 7.93. The topological polar surface area (TPSA) is 48.8 Å². The third kappa shape index (κ3) is 4.48. The van der Waals surface area contributed by atoms with Gasteiger partial charge in [0.25, 0.3) is 0 Å². The van der Waals surface area contributed by atoms with E-state index in [9.17, 15) is 0 Å². The Hall–Kier alpha value is -1.06. The first-order valence-electron chi connectivity index (χ1n) is 8.71. The highest BCUT2D eigenvalue weighted by molar-refractivity contribution is 5.59. The summed E-state index contributed by atoms with van der Waals surface area (Å²) >= 11 is 0. The third-order valence-corrected chi connectivity index (χ3v) is 5.68. The average Bonchev–Trinajstić information content (AvgIpc) is 3.10. The van der Waals surface area contributed by atoms with Gasteiger partial charge in [0.1, 0.15) is 0 Å². The standard InChI is InChI=1S/2C9H18N2.CH4/c2*1-7(2)9(8(3)4)5-10-6-11-9;/h2*6-8H,5H2,1-4H3,(H,10,11);1H4. The van der Waals surface area contributed by atoms with Crippen LogP contribution < -0.4 is 10.6 Å². The van der Waals surface area contributed by atoms with Crippen LogP contribution in [0.25, 0.3) is 0 Å². The van der Waals surface area contributed by atoms with E-state index >= 15 is 0 Å². The first-order chi connectivity index (χ1) is 10.2. The molecule has 4 heteroatoms. The number of aliphatic imine (C=N–C) groups is 2. The summed E-state index contributed by atoms with van der Waals surface area (Å²) in [5, 5.41) is 6.75. The van der Waals surface area contributed by atoms with Gasteiger partial charge in [-0.1, -0.05) is 62.8 Å². The van der Waals surface area contributed by atoms with E-state index in [1.54, 1.807) is 0 Å². The summed E-state index contributed by atoms with van der Waals surface area (Å²) in [6.07, 6.45) is 3.69. The summed E-state index contributed by atoms with van der Waals surface area (Å²) in [7, 11) is 0. The molecule has 2 heterocycles. The molecule has 0 saturated heterocycles. The monoisotopic (exact) mass is 324 g/mol. The highest BCUT2D eigenvalue weighted by atomic mass is 15.1. The average molecular weight is 325 g/mol. The van der Waals surface area contributed by atoms with Crippen LogP contribution in [0, 0.1) is 23.7 Å². The molecule has 0 aliphatic carbocycles. The van der Waals surface area contributed by atoms with E-state index in [-0.39, 0.29) is 18.5 Å². The van der Waals surface area contributed by atoms with Crippen molar-refractivity contribution in [2.75, 3.05) is 13.1 Å². The normalized spacial score (nSPS) is 20.3. The fraction of sp³-hybridized carbons (Fsp3) is 0.895. The lowest BCUT2D eigenvalue weighted by Gasteiger charge is -2.37. The van der Waals surface area contributed by atoms with Crippen LogP contribution in [-0.2, 0) is 0 Å². The molecule has 4 nitrogen and oxygen atoms in total. The molecule has 23 heavy (non-hydrogen) atoms. The van der Waals surface area contributed by atoms with Crippen LogP contribution in [0.2, 0.25) is 0 Å². The van der Waals surface area contributed by atoms with Crippen molar-refractivity contribution in [1.82, 2.24) is 10.6 Å². The molecule has 2 rings (SSSR count). The van der Waals surface area contributed by atoms with Crippen molar-refractivity contribution >= 4 is 12.7 Å². The van der Waals surface area contributed by atoms with Gasteiger partial charge < -0.3 is 10.6 Å². The summed E-state index contributed by atoms with van der Waals surface area (Å²) in [6.45, 7) is 19.9. The molecule has 0 saturated carbocycles. The zero-order valence-electron chi connectivity index (χ0n) is 15.8. The maximum Gasteiger partial charge on any atom is 0.0830 e. The van der Waals surface area contributed by atoms with Gasteiger partial charge in [0.2, 0.25) is 0 Å². The zero-order valence-corrected chi connectivity index (χ0v) is 15.8. The first kappa shape index (κ1) is 21.9. The molecule has 0 aromatic heterocycles.